The van der Waals surface area contributed by atoms with E-state index in [-0.39, 0.29) is 0 Å². The molecule has 1 fully saturated rings. The van der Waals surface area contributed by atoms with Crippen LogP contribution >= 0.6 is 11.8 Å². The Labute approximate surface area is 85.6 Å². The van der Waals surface area contributed by atoms with E-state index in [1.165, 1.54) is 12.8 Å². The van der Waals surface area contributed by atoms with E-state index in [2.05, 4.69) is 25.7 Å². The van der Waals surface area contributed by atoms with Crippen molar-refractivity contribution in [1.29, 1.82) is 5.41 Å². The van der Waals surface area contributed by atoms with E-state index in [4.69, 9.17) is 5.41 Å². The first-order chi connectivity index (χ1) is 6.15. The van der Waals surface area contributed by atoms with Crippen LogP contribution in [0.1, 0.15) is 33.6 Å². The Morgan fingerprint density at radius 1 is 1.62 bits per heavy atom. The molecule has 0 amide bonds. The molecule has 76 valence electrons. The lowest BCUT2D eigenvalue weighted by molar-refractivity contribution is 0.398. The fourth-order valence-electron chi connectivity index (χ4n) is 1.44. The molecular formula is C10H20N2S. The van der Waals surface area contributed by atoms with Crippen molar-refractivity contribution in [3.8, 4) is 0 Å². The van der Waals surface area contributed by atoms with Crippen LogP contribution in [0.4, 0.5) is 0 Å². The van der Waals surface area contributed by atoms with Crippen molar-refractivity contribution >= 4 is 16.9 Å². The predicted octanol–water partition coefficient (Wildman–Crippen LogP) is 2.79. The van der Waals surface area contributed by atoms with Gasteiger partial charge in [0.25, 0.3) is 0 Å². The third-order valence-corrected chi connectivity index (χ3v) is 3.95. The maximum Gasteiger partial charge on any atom is 0.156 e. The Kier molecular flexibility index (Phi) is 4.10. The van der Waals surface area contributed by atoms with Crippen molar-refractivity contribution in [2.45, 2.75) is 38.9 Å². The van der Waals surface area contributed by atoms with Gasteiger partial charge in [0.2, 0.25) is 0 Å². The molecule has 0 radical (unpaired) electrons. The number of thioether (sulfide) groups is 1. The lowest BCUT2D eigenvalue weighted by Gasteiger charge is -2.17. The number of nitrogens with one attached hydrogen (secondary N) is 1. The van der Waals surface area contributed by atoms with E-state index in [1.54, 1.807) is 11.8 Å². The first-order valence-corrected chi connectivity index (χ1v) is 6.03. The van der Waals surface area contributed by atoms with E-state index in [9.17, 15) is 0 Å². The minimum absolute atomic E-state index is 0.643. The van der Waals surface area contributed by atoms with E-state index in [0.29, 0.717) is 11.2 Å². The van der Waals surface area contributed by atoms with E-state index in [0.717, 1.165) is 18.3 Å². The first kappa shape index (κ1) is 10.9. The van der Waals surface area contributed by atoms with Crippen LogP contribution in [0, 0.1) is 11.3 Å². The summed E-state index contributed by atoms with van der Waals surface area (Å²) in [6.07, 6.45) is 2.44. The van der Waals surface area contributed by atoms with Gasteiger partial charge in [-0.25, -0.2) is 0 Å². The van der Waals surface area contributed by atoms with Crippen molar-refractivity contribution in [3.63, 3.8) is 0 Å². The maximum absolute atomic E-state index is 7.80. The van der Waals surface area contributed by atoms with E-state index in [1.807, 2.05) is 0 Å². The van der Waals surface area contributed by atoms with Crippen molar-refractivity contribution in [2.24, 2.45) is 5.92 Å². The molecule has 0 spiro atoms. The van der Waals surface area contributed by atoms with Gasteiger partial charge in [0.05, 0.1) is 0 Å². The Hall–Kier alpha value is -0.180. The Morgan fingerprint density at radius 3 is 2.77 bits per heavy atom. The summed E-state index contributed by atoms with van der Waals surface area (Å²) in [5, 5.41) is 9.22. The number of unbranched alkanes of at least 4 members (excludes halogenated alkanes) is 1. The SMILES string of the molecule is CCCCN1CC(C(C)C)SC1=N. The zero-order chi connectivity index (χ0) is 9.84. The number of nitrogens with zero attached hydrogens (tertiary/aromatic N) is 1. The minimum atomic E-state index is 0.643. The highest BCUT2D eigenvalue weighted by molar-refractivity contribution is 8.14. The Bertz CT molecular complexity index is 180. The van der Waals surface area contributed by atoms with Crippen molar-refractivity contribution in [3.05, 3.63) is 0 Å². The minimum Gasteiger partial charge on any atom is -0.351 e. The zero-order valence-electron chi connectivity index (χ0n) is 8.84. The van der Waals surface area contributed by atoms with Gasteiger partial charge in [-0.1, -0.05) is 39.0 Å². The topological polar surface area (TPSA) is 27.1 Å². The summed E-state index contributed by atoms with van der Waals surface area (Å²) in [5.41, 5.74) is 0. The second-order valence-electron chi connectivity index (χ2n) is 4.01. The molecule has 0 bridgehead atoms. The van der Waals surface area contributed by atoms with Gasteiger partial charge in [0.15, 0.2) is 5.17 Å². The van der Waals surface area contributed by atoms with E-state index < -0.39 is 0 Å². The summed E-state index contributed by atoms with van der Waals surface area (Å²) < 4.78 is 0. The highest BCUT2D eigenvalue weighted by Crippen LogP contribution is 2.29. The van der Waals surface area contributed by atoms with Crippen LogP contribution in [0.15, 0.2) is 0 Å². The number of hydrogen-bond acceptors (Lipinski definition) is 2. The number of rotatable bonds is 4. The number of amidine groups is 1. The van der Waals surface area contributed by atoms with Gasteiger partial charge in [-0.15, -0.1) is 0 Å². The fraction of sp³-hybridized carbons (Fsp3) is 0.900. The molecule has 1 atom stereocenters. The molecule has 3 heteroatoms. The average molecular weight is 200 g/mol. The smallest absolute Gasteiger partial charge is 0.156 e. The second-order valence-corrected chi connectivity index (χ2v) is 5.23. The summed E-state index contributed by atoms with van der Waals surface area (Å²) in [5.74, 6) is 0.692. The Morgan fingerprint density at radius 2 is 2.31 bits per heavy atom. The van der Waals surface area contributed by atoms with Crippen molar-refractivity contribution in [2.75, 3.05) is 13.1 Å². The lowest BCUT2D eigenvalue weighted by Crippen LogP contribution is -2.27. The predicted molar refractivity (Wildman–Crippen MR) is 60.4 cm³/mol. The number of hydrogen-bond donors (Lipinski definition) is 1. The molecule has 2 nitrogen and oxygen atoms in total. The van der Waals surface area contributed by atoms with Crippen LogP contribution in [-0.4, -0.2) is 28.4 Å². The molecule has 1 heterocycles. The maximum atomic E-state index is 7.80. The van der Waals surface area contributed by atoms with Crippen molar-refractivity contribution < 1.29 is 0 Å². The normalized spacial score (nSPS) is 23.2. The molecule has 0 aromatic carbocycles. The molecule has 1 rings (SSSR count). The summed E-state index contributed by atoms with van der Waals surface area (Å²) in [4.78, 5) is 2.22. The van der Waals surface area contributed by atoms with Gasteiger partial charge < -0.3 is 4.90 Å². The molecule has 1 unspecified atom stereocenters. The highest BCUT2D eigenvalue weighted by Gasteiger charge is 2.28. The fourth-order valence-corrected chi connectivity index (χ4v) is 2.57. The van der Waals surface area contributed by atoms with Gasteiger partial charge in [0.1, 0.15) is 0 Å². The van der Waals surface area contributed by atoms with Crippen molar-refractivity contribution in [1.82, 2.24) is 4.90 Å². The molecule has 0 aliphatic carbocycles. The van der Waals surface area contributed by atoms with Gasteiger partial charge in [-0.05, 0) is 12.3 Å². The summed E-state index contributed by atoms with van der Waals surface area (Å²) >= 11 is 1.74. The molecule has 13 heavy (non-hydrogen) atoms. The van der Waals surface area contributed by atoms with Gasteiger partial charge in [-0.3, -0.25) is 5.41 Å². The van der Waals surface area contributed by atoms with Gasteiger partial charge in [-0.2, -0.15) is 0 Å². The standard InChI is InChI=1S/C10H20N2S/c1-4-5-6-12-7-9(8(2)3)13-10(12)11/h8-9,11H,4-7H2,1-3H3. The highest BCUT2D eigenvalue weighted by atomic mass is 32.2. The van der Waals surface area contributed by atoms with Crippen LogP contribution < -0.4 is 0 Å². The van der Waals surface area contributed by atoms with Gasteiger partial charge in [0, 0.05) is 18.3 Å². The van der Waals surface area contributed by atoms with Crippen LogP contribution in [0.3, 0.4) is 0 Å². The molecule has 0 saturated carbocycles. The summed E-state index contributed by atoms with van der Waals surface area (Å²) in [6.45, 7) is 8.85. The van der Waals surface area contributed by atoms with Crippen LogP contribution in [0.25, 0.3) is 0 Å². The summed E-state index contributed by atoms with van der Waals surface area (Å²) in [7, 11) is 0. The van der Waals surface area contributed by atoms with Crippen LogP contribution in [-0.2, 0) is 0 Å². The largest absolute Gasteiger partial charge is 0.351 e. The molecule has 1 N–H and O–H groups in total. The van der Waals surface area contributed by atoms with Gasteiger partial charge >= 0.3 is 0 Å². The van der Waals surface area contributed by atoms with E-state index >= 15 is 0 Å². The first-order valence-electron chi connectivity index (χ1n) is 5.15. The van der Waals surface area contributed by atoms with Crippen LogP contribution in [0.5, 0.6) is 0 Å². The molecule has 1 aliphatic rings. The summed E-state index contributed by atoms with van der Waals surface area (Å²) in [6, 6.07) is 0. The molecule has 0 aromatic heterocycles. The molecule has 1 saturated heterocycles. The molecule has 1 aliphatic heterocycles. The average Bonchev–Trinajstić information content (AvgIpc) is 2.44. The Balaban J connectivity index is 2.37. The molecular weight excluding hydrogens is 180 g/mol. The third kappa shape index (κ3) is 2.90. The molecule has 0 aromatic rings. The third-order valence-electron chi connectivity index (χ3n) is 2.48. The second kappa shape index (κ2) is 4.89. The monoisotopic (exact) mass is 200 g/mol. The van der Waals surface area contributed by atoms with Crippen LogP contribution in [0.2, 0.25) is 0 Å². The lowest BCUT2D eigenvalue weighted by atomic mass is 10.1. The zero-order valence-corrected chi connectivity index (χ0v) is 9.66. The quantitative estimate of drug-likeness (QED) is 0.755.